The van der Waals surface area contributed by atoms with Crippen LogP contribution in [0, 0.1) is 5.92 Å². The fourth-order valence-corrected chi connectivity index (χ4v) is 4.83. The van der Waals surface area contributed by atoms with E-state index in [2.05, 4.69) is 32.9 Å². The third kappa shape index (κ3) is 5.90. The van der Waals surface area contributed by atoms with Gasteiger partial charge in [-0.3, -0.25) is 0 Å². The molecule has 0 spiro atoms. The van der Waals surface area contributed by atoms with Crippen molar-refractivity contribution in [2.75, 3.05) is 13.2 Å². The topological polar surface area (TPSA) is 86.5 Å². The average Bonchev–Trinajstić information content (AvgIpc) is 3.50. The third-order valence-electron chi connectivity index (χ3n) is 6.92. The second kappa shape index (κ2) is 11.3. The summed E-state index contributed by atoms with van der Waals surface area (Å²) in [5.74, 6) is 2.19. The first-order chi connectivity index (χ1) is 15.7. The van der Waals surface area contributed by atoms with Crippen LogP contribution in [-0.2, 0) is 16.6 Å². The minimum Gasteiger partial charge on any atom is -0.420 e. The number of nitrogens with zero attached hydrogens (tertiary/aromatic N) is 3. The van der Waals surface area contributed by atoms with Gasteiger partial charge < -0.3 is 14.9 Å². The van der Waals surface area contributed by atoms with E-state index in [1.54, 1.807) is 0 Å². The van der Waals surface area contributed by atoms with Crippen LogP contribution < -0.4 is 5.73 Å². The normalized spacial score (nSPS) is 18.7. The minimum atomic E-state index is -0.468. The fraction of sp³-hybridized carbons (Fsp3) is 0.640. The van der Waals surface area contributed by atoms with Gasteiger partial charge in [0.1, 0.15) is 11.3 Å². The van der Waals surface area contributed by atoms with Gasteiger partial charge in [0.05, 0.1) is 0 Å². The van der Waals surface area contributed by atoms with E-state index in [4.69, 9.17) is 26.7 Å². The summed E-state index contributed by atoms with van der Waals surface area (Å²) < 4.78 is 15.5. The summed E-state index contributed by atoms with van der Waals surface area (Å²) in [5.41, 5.74) is 7.70. The molecule has 174 valence electrons. The number of aryl methyl sites for hydroxylation is 1. The summed E-state index contributed by atoms with van der Waals surface area (Å²) in [7, 11) is 0. The molecule has 0 unspecified atom stereocenters. The van der Waals surface area contributed by atoms with Crippen molar-refractivity contribution in [3.63, 3.8) is 0 Å². The summed E-state index contributed by atoms with van der Waals surface area (Å²) >= 11 is 5.57. The molecular weight excluding hydrogens is 424 g/mol. The molecule has 2 aromatic rings. The van der Waals surface area contributed by atoms with Gasteiger partial charge >= 0.3 is 0 Å². The summed E-state index contributed by atoms with van der Waals surface area (Å²) in [6.45, 7) is 1.88. The van der Waals surface area contributed by atoms with Crippen LogP contribution in [0.25, 0.3) is 11.5 Å². The molecule has 1 aromatic heterocycles. The number of halogens is 1. The predicted octanol–water partition coefficient (Wildman–Crippen LogP) is 5.98. The average molecular weight is 459 g/mol. The Morgan fingerprint density at radius 1 is 1.12 bits per heavy atom. The Labute approximate surface area is 196 Å². The van der Waals surface area contributed by atoms with Crippen molar-refractivity contribution in [3.05, 3.63) is 35.7 Å². The number of amidine groups is 1. The van der Waals surface area contributed by atoms with Gasteiger partial charge in [-0.15, -0.1) is 10.2 Å². The van der Waals surface area contributed by atoms with Crippen molar-refractivity contribution in [2.24, 2.45) is 16.2 Å². The lowest BCUT2D eigenvalue weighted by Crippen LogP contribution is -2.28. The molecule has 0 amide bonds. The van der Waals surface area contributed by atoms with Crippen LogP contribution >= 0.6 is 11.8 Å². The van der Waals surface area contributed by atoms with Crippen LogP contribution in [-0.4, -0.2) is 29.2 Å². The summed E-state index contributed by atoms with van der Waals surface area (Å²) in [6.07, 6.45) is 14.4. The van der Waals surface area contributed by atoms with Crippen molar-refractivity contribution < 1.29 is 9.15 Å². The Bertz CT molecular complexity index is 888. The molecule has 4 rings (SSSR count). The summed E-state index contributed by atoms with van der Waals surface area (Å²) in [4.78, 5) is 0. The molecule has 2 N–H and O–H groups in total. The SMILES string of the molecule is NC(=NCl)C1(c2nnc(-c3cccc(CCCCCCOCC4CCCCC4)c3)o2)CC1. The second-order valence-electron chi connectivity index (χ2n) is 9.41. The molecule has 7 heteroatoms. The summed E-state index contributed by atoms with van der Waals surface area (Å²) in [5, 5.41) is 8.46. The van der Waals surface area contributed by atoms with Gasteiger partial charge in [0.2, 0.25) is 11.8 Å². The maximum atomic E-state index is 5.94. The Balaban J connectivity index is 1.17. The summed E-state index contributed by atoms with van der Waals surface area (Å²) in [6, 6.07) is 8.36. The molecule has 0 aliphatic heterocycles. The maximum absolute atomic E-state index is 5.94. The molecule has 0 atom stereocenters. The van der Waals surface area contributed by atoms with Crippen LogP contribution in [0.3, 0.4) is 0 Å². The van der Waals surface area contributed by atoms with Gasteiger partial charge in [-0.2, -0.15) is 4.51 Å². The number of unbranched alkanes of at least 4 members (excludes halogenated alkanes) is 3. The smallest absolute Gasteiger partial charge is 0.247 e. The van der Waals surface area contributed by atoms with Gasteiger partial charge in [0.15, 0.2) is 0 Å². The van der Waals surface area contributed by atoms with Gasteiger partial charge in [-0.25, -0.2) is 0 Å². The van der Waals surface area contributed by atoms with Gasteiger partial charge in [-0.05, 0) is 68.6 Å². The highest BCUT2D eigenvalue weighted by Crippen LogP contribution is 2.48. The van der Waals surface area contributed by atoms with Crippen molar-refractivity contribution in [2.45, 2.75) is 82.5 Å². The lowest BCUT2D eigenvalue weighted by molar-refractivity contribution is 0.0824. The Hall–Kier alpha value is -1.92. The lowest BCUT2D eigenvalue weighted by atomic mass is 9.90. The zero-order valence-corrected chi connectivity index (χ0v) is 19.7. The van der Waals surface area contributed by atoms with Crippen LogP contribution in [0.15, 0.2) is 33.2 Å². The largest absolute Gasteiger partial charge is 0.420 e. The Kier molecular flexibility index (Phi) is 8.20. The van der Waals surface area contributed by atoms with E-state index >= 15 is 0 Å². The number of rotatable bonds is 12. The highest BCUT2D eigenvalue weighted by Gasteiger charge is 2.53. The molecule has 2 saturated carbocycles. The van der Waals surface area contributed by atoms with E-state index in [1.165, 1.54) is 56.9 Å². The molecule has 32 heavy (non-hydrogen) atoms. The molecule has 0 bridgehead atoms. The molecule has 2 aliphatic carbocycles. The monoisotopic (exact) mass is 458 g/mol. The van der Waals surface area contributed by atoms with Crippen molar-refractivity contribution in [3.8, 4) is 11.5 Å². The van der Waals surface area contributed by atoms with Gasteiger partial charge in [0, 0.05) is 30.6 Å². The second-order valence-corrected chi connectivity index (χ2v) is 9.58. The van der Waals surface area contributed by atoms with E-state index in [9.17, 15) is 0 Å². The van der Waals surface area contributed by atoms with E-state index < -0.39 is 5.41 Å². The zero-order valence-electron chi connectivity index (χ0n) is 18.9. The van der Waals surface area contributed by atoms with E-state index in [-0.39, 0.29) is 0 Å². The molecule has 1 heterocycles. The highest BCUT2D eigenvalue weighted by molar-refractivity contribution is 6.21. The molecule has 2 aliphatic rings. The van der Waals surface area contributed by atoms with E-state index in [0.29, 0.717) is 17.6 Å². The molecule has 2 fully saturated rings. The van der Waals surface area contributed by atoms with Gasteiger partial charge in [0.25, 0.3) is 0 Å². The fourth-order valence-electron chi connectivity index (χ4n) is 4.67. The Morgan fingerprint density at radius 3 is 2.72 bits per heavy atom. The predicted molar refractivity (Wildman–Crippen MR) is 128 cm³/mol. The van der Waals surface area contributed by atoms with E-state index in [1.807, 2.05) is 6.07 Å². The number of aromatic nitrogens is 2. The quantitative estimate of drug-likeness (QED) is 0.240. The molecule has 1 aromatic carbocycles. The van der Waals surface area contributed by atoms with Crippen molar-refractivity contribution >= 4 is 17.6 Å². The molecule has 6 nitrogen and oxygen atoms in total. The highest BCUT2D eigenvalue weighted by atomic mass is 35.5. The zero-order chi connectivity index (χ0) is 22.2. The number of benzene rings is 1. The van der Waals surface area contributed by atoms with Crippen LogP contribution in [0.2, 0.25) is 0 Å². The standard InChI is InChI=1S/C25H35ClN4O2/c26-28-23(27)25(14-15-25)24-30-29-22(32-24)21-13-8-12-19(17-21)9-4-1-2-7-16-31-18-20-10-5-3-6-11-20/h8,12-13,17,20H,1-7,9-11,14-16,18H2,(H2,27,28). The Morgan fingerprint density at radius 2 is 1.94 bits per heavy atom. The van der Waals surface area contributed by atoms with Gasteiger partial charge in [-0.1, -0.05) is 44.2 Å². The van der Waals surface area contributed by atoms with Crippen molar-refractivity contribution in [1.29, 1.82) is 0 Å². The first-order valence-corrected chi connectivity index (χ1v) is 12.5. The first kappa shape index (κ1) is 23.2. The maximum Gasteiger partial charge on any atom is 0.247 e. The lowest BCUT2D eigenvalue weighted by Gasteiger charge is -2.21. The third-order valence-corrected chi connectivity index (χ3v) is 7.10. The van der Waals surface area contributed by atoms with Crippen LogP contribution in [0.4, 0.5) is 0 Å². The minimum absolute atomic E-state index is 0.350. The molecule has 0 radical (unpaired) electrons. The van der Waals surface area contributed by atoms with E-state index in [0.717, 1.165) is 50.4 Å². The number of hydrogen-bond acceptors (Lipinski definition) is 5. The molecule has 0 saturated heterocycles. The molecular formula is C25H35ClN4O2. The number of nitrogens with two attached hydrogens (primary N) is 1. The number of hydrogen-bond donors (Lipinski definition) is 1. The first-order valence-electron chi connectivity index (χ1n) is 12.2. The van der Waals surface area contributed by atoms with Crippen molar-refractivity contribution in [1.82, 2.24) is 10.2 Å². The number of ether oxygens (including phenoxy) is 1. The van der Waals surface area contributed by atoms with Crippen LogP contribution in [0.1, 0.15) is 82.1 Å². The van der Waals surface area contributed by atoms with Crippen LogP contribution in [0.5, 0.6) is 0 Å².